The molecule has 0 aliphatic rings. The Morgan fingerprint density at radius 3 is 2.62 bits per heavy atom. The molecule has 1 aromatic carbocycles. The van der Waals surface area contributed by atoms with Gasteiger partial charge in [0.15, 0.2) is 0 Å². The summed E-state index contributed by atoms with van der Waals surface area (Å²) >= 11 is 1.64. The molecule has 2 rings (SSSR count). The van der Waals surface area contributed by atoms with E-state index in [-0.39, 0.29) is 0 Å². The van der Waals surface area contributed by atoms with Crippen LogP contribution in [0.3, 0.4) is 0 Å². The zero-order valence-electron chi connectivity index (χ0n) is 12.1. The number of carbonyl (C=O) groups excluding carboxylic acids is 2. The van der Waals surface area contributed by atoms with Crippen LogP contribution in [0.1, 0.15) is 31.7 Å². The van der Waals surface area contributed by atoms with Gasteiger partial charge in [-0.15, -0.1) is 11.3 Å². The molecule has 1 unspecified atom stereocenters. The lowest BCUT2D eigenvalue weighted by Crippen LogP contribution is -2.43. The van der Waals surface area contributed by atoms with Crippen molar-refractivity contribution < 1.29 is 9.59 Å². The van der Waals surface area contributed by atoms with Crippen LogP contribution in [0, 0.1) is 0 Å². The number of urea groups is 1. The highest BCUT2D eigenvalue weighted by molar-refractivity contribution is 7.18. The van der Waals surface area contributed by atoms with Crippen molar-refractivity contribution in [3.8, 4) is 0 Å². The van der Waals surface area contributed by atoms with E-state index in [1.165, 1.54) is 0 Å². The van der Waals surface area contributed by atoms with E-state index >= 15 is 0 Å². The van der Waals surface area contributed by atoms with Crippen molar-refractivity contribution in [2.45, 2.75) is 32.7 Å². The van der Waals surface area contributed by atoms with Crippen LogP contribution in [0.4, 0.5) is 10.5 Å². The van der Waals surface area contributed by atoms with E-state index in [2.05, 4.69) is 24.1 Å². The first-order valence-electron chi connectivity index (χ1n) is 6.64. The lowest BCUT2D eigenvalue weighted by molar-refractivity contribution is -0.120. The zero-order chi connectivity index (χ0) is 15.6. The number of fused-ring (bicyclic) bond motifs is 1. The Kier molecular flexibility index (Phi) is 4.42. The standard InChI is InChI=1S/C14H18N4O2S/c1-7(2)13-17-10-5-4-9(6-11(10)21-13)16-8(3)12(19)18-14(15)20/h4-8,16H,1-3H3,(H3,15,18,19,20). The summed E-state index contributed by atoms with van der Waals surface area (Å²) in [5, 5.41) is 6.17. The van der Waals surface area contributed by atoms with Gasteiger partial charge in [-0.3, -0.25) is 10.1 Å². The molecule has 0 saturated heterocycles. The Balaban J connectivity index is 2.15. The van der Waals surface area contributed by atoms with E-state index in [9.17, 15) is 9.59 Å². The number of thiazole rings is 1. The van der Waals surface area contributed by atoms with Gasteiger partial charge in [0.2, 0.25) is 5.91 Å². The number of primary amides is 1. The summed E-state index contributed by atoms with van der Waals surface area (Å²) in [6, 6.07) is 4.31. The van der Waals surface area contributed by atoms with Gasteiger partial charge in [-0.1, -0.05) is 13.8 Å². The van der Waals surface area contributed by atoms with Crippen LogP contribution in [0.25, 0.3) is 10.2 Å². The molecule has 7 heteroatoms. The number of imide groups is 1. The number of carbonyl (C=O) groups is 2. The SMILES string of the molecule is CC(Nc1ccc2nc(C(C)C)sc2c1)C(=O)NC(N)=O. The van der Waals surface area contributed by atoms with Gasteiger partial charge in [0.1, 0.15) is 6.04 Å². The average Bonchev–Trinajstić information content (AvgIpc) is 2.81. The van der Waals surface area contributed by atoms with E-state index in [1.807, 2.05) is 23.5 Å². The Bertz CT molecular complexity index is 681. The first-order chi connectivity index (χ1) is 9.86. The van der Waals surface area contributed by atoms with Gasteiger partial charge in [0, 0.05) is 11.6 Å². The Morgan fingerprint density at radius 1 is 1.29 bits per heavy atom. The van der Waals surface area contributed by atoms with E-state index in [1.54, 1.807) is 18.3 Å². The molecule has 6 nitrogen and oxygen atoms in total. The minimum Gasteiger partial charge on any atom is -0.374 e. The molecule has 2 aromatic rings. The van der Waals surface area contributed by atoms with E-state index in [4.69, 9.17) is 5.73 Å². The number of aromatic nitrogens is 1. The lowest BCUT2D eigenvalue weighted by Gasteiger charge is -2.13. The Labute approximate surface area is 126 Å². The first-order valence-corrected chi connectivity index (χ1v) is 7.45. The third kappa shape index (κ3) is 3.69. The molecule has 4 N–H and O–H groups in total. The van der Waals surface area contributed by atoms with E-state index in [0.717, 1.165) is 20.9 Å². The van der Waals surface area contributed by atoms with Gasteiger partial charge in [-0.05, 0) is 25.1 Å². The van der Waals surface area contributed by atoms with Crippen LogP contribution in [0.15, 0.2) is 18.2 Å². The molecule has 0 saturated carbocycles. The zero-order valence-corrected chi connectivity index (χ0v) is 13.0. The van der Waals surface area contributed by atoms with Crippen LogP contribution in [-0.2, 0) is 4.79 Å². The summed E-state index contributed by atoms with van der Waals surface area (Å²) in [6.45, 7) is 5.87. The number of nitrogens with two attached hydrogens (primary N) is 1. The molecule has 0 fully saturated rings. The summed E-state index contributed by atoms with van der Waals surface area (Å²) in [4.78, 5) is 26.9. The van der Waals surface area contributed by atoms with Gasteiger partial charge in [0.25, 0.3) is 0 Å². The summed E-state index contributed by atoms with van der Waals surface area (Å²) in [6.07, 6.45) is 0. The summed E-state index contributed by atoms with van der Waals surface area (Å²) in [5.74, 6) is -0.0751. The van der Waals surface area contributed by atoms with Crippen molar-refractivity contribution in [3.05, 3.63) is 23.2 Å². The fraction of sp³-hybridized carbons (Fsp3) is 0.357. The summed E-state index contributed by atoms with van der Waals surface area (Å²) in [7, 11) is 0. The van der Waals surface area contributed by atoms with Crippen molar-refractivity contribution in [2.75, 3.05) is 5.32 Å². The monoisotopic (exact) mass is 306 g/mol. The van der Waals surface area contributed by atoms with Crippen molar-refractivity contribution in [3.63, 3.8) is 0 Å². The van der Waals surface area contributed by atoms with E-state index < -0.39 is 18.0 Å². The lowest BCUT2D eigenvalue weighted by atomic mass is 10.2. The molecule has 0 radical (unpaired) electrons. The van der Waals surface area contributed by atoms with Crippen LogP contribution < -0.4 is 16.4 Å². The van der Waals surface area contributed by atoms with Crippen molar-refractivity contribution in [2.24, 2.45) is 5.73 Å². The number of hydrogen-bond acceptors (Lipinski definition) is 5. The quantitative estimate of drug-likeness (QED) is 0.808. The second-order valence-corrected chi connectivity index (χ2v) is 6.17. The average molecular weight is 306 g/mol. The van der Waals surface area contributed by atoms with Crippen LogP contribution in [-0.4, -0.2) is 23.0 Å². The van der Waals surface area contributed by atoms with Crippen LogP contribution in [0.2, 0.25) is 0 Å². The second-order valence-electron chi connectivity index (χ2n) is 5.11. The van der Waals surface area contributed by atoms with E-state index in [0.29, 0.717) is 5.92 Å². The largest absolute Gasteiger partial charge is 0.374 e. The minimum absolute atomic E-state index is 0.388. The second kappa shape index (κ2) is 6.09. The summed E-state index contributed by atoms with van der Waals surface area (Å²) in [5.41, 5.74) is 6.67. The first kappa shape index (κ1) is 15.2. The highest BCUT2D eigenvalue weighted by Gasteiger charge is 2.15. The van der Waals surface area contributed by atoms with Crippen LogP contribution in [0.5, 0.6) is 0 Å². The molecule has 1 aromatic heterocycles. The van der Waals surface area contributed by atoms with Crippen molar-refractivity contribution in [1.82, 2.24) is 10.3 Å². The number of hydrogen-bond donors (Lipinski definition) is 3. The number of amides is 3. The van der Waals surface area contributed by atoms with Gasteiger partial charge in [-0.25, -0.2) is 9.78 Å². The third-order valence-electron chi connectivity index (χ3n) is 2.92. The van der Waals surface area contributed by atoms with Gasteiger partial charge in [0.05, 0.1) is 15.2 Å². The number of benzene rings is 1. The molecule has 112 valence electrons. The molecule has 0 bridgehead atoms. The third-order valence-corrected chi connectivity index (χ3v) is 4.24. The topological polar surface area (TPSA) is 97.1 Å². The van der Waals surface area contributed by atoms with Crippen LogP contribution >= 0.6 is 11.3 Å². The maximum absolute atomic E-state index is 11.6. The molecule has 0 spiro atoms. The fourth-order valence-corrected chi connectivity index (χ4v) is 2.83. The number of anilines is 1. The molecule has 0 aliphatic carbocycles. The molecular weight excluding hydrogens is 288 g/mol. The molecule has 1 heterocycles. The Morgan fingerprint density at radius 2 is 2.00 bits per heavy atom. The smallest absolute Gasteiger partial charge is 0.318 e. The minimum atomic E-state index is -0.854. The van der Waals surface area contributed by atoms with Crippen molar-refractivity contribution >= 4 is 39.2 Å². The number of nitrogens with zero attached hydrogens (tertiary/aromatic N) is 1. The number of rotatable bonds is 4. The normalized spacial score (nSPS) is 12.4. The molecular formula is C14H18N4O2S. The fourth-order valence-electron chi connectivity index (χ4n) is 1.82. The maximum atomic E-state index is 11.6. The highest BCUT2D eigenvalue weighted by Crippen LogP contribution is 2.29. The summed E-state index contributed by atoms with van der Waals surface area (Å²) < 4.78 is 1.06. The predicted molar refractivity (Wildman–Crippen MR) is 84.5 cm³/mol. The van der Waals surface area contributed by atoms with Gasteiger partial charge in [-0.2, -0.15) is 0 Å². The predicted octanol–water partition coefficient (Wildman–Crippen LogP) is 2.42. The molecule has 3 amide bonds. The number of nitrogens with one attached hydrogen (secondary N) is 2. The van der Waals surface area contributed by atoms with Gasteiger partial charge >= 0.3 is 6.03 Å². The molecule has 1 atom stereocenters. The highest BCUT2D eigenvalue weighted by atomic mass is 32.1. The molecule has 21 heavy (non-hydrogen) atoms. The Hall–Kier alpha value is -2.15. The van der Waals surface area contributed by atoms with Crippen molar-refractivity contribution in [1.29, 1.82) is 0 Å². The maximum Gasteiger partial charge on any atom is 0.318 e. The molecule has 0 aliphatic heterocycles. The van der Waals surface area contributed by atoms with Gasteiger partial charge < -0.3 is 11.1 Å².